The molecule has 0 unspecified atom stereocenters. The summed E-state index contributed by atoms with van der Waals surface area (Å²) in [5.41, 5.74) is 5.19. The highest BCUT2D eigenvalue weighted by molar-refractivity contribution is 9.10. The molecule has 8 heteroatoms. The van der Waals surface area contributed by atoms with Crippen molar-refractivity contribution < 1.29 is 0 Å². The molecule has 0 radical (unpaired) electrons. The molecule has 32 heavy (non-hydrogen) atoms. The number of imidazole rings is 1. The fourth-order valence-corrected chi connectivity index (χ4v) is 4.60. The van der Waals surface area contributed by atoms with Gasteiger partial charge in [-0.25, -0.2) is 9.78 Å². The Balaban J connectivity index is 0.00000141. The SMILES string of the molecule is CC.CCn1c(Br)nc2c1c(=O)n(CC1=C(C)CCc3ccccc3C(C)=N1)c(=O)n2C. The van der Waals surface area contributed by atoms with Crippen LogP contribution in [0.1, 0.15) is 52.2 Å². The summed E-state index contributed by atoms with van der Waals surface area (Å²) in [4.78, 5) is 35.5. The van der Waals surface area contributed by atoms with Crippen LogP contribution in [0.3, 0.4) is 0 Å². The lowest BCUT2D eigenvalue weighted by molar-refractivity contribution is 0.636. The van der Waals surface area contributed by atoms with Crippen LogP contribution in [-0.4, -0.2) is 24.4 Å². The second-order valence-corrected chi connectivity index (χ2v) is 8.32. The van der Waals surface area contributed by atoms with Crippen LogP contribution < -0.4 is 11.2 Å². The van der Waals surface area contributed by atoms with E-state index >= 15 is 0 Å². The molecule has 1 aliphatic rings. The number of allylic oxidation sites excluding steroid dienone is 2. The van der Waals surface area contributed by atoms with Crippen molar-refractivity contribution in [2.45, 2.75) is 60.5 Å². The third-order valence-corrected chi connectivity index (χ3v) is 6.39. The molecule has 170 valence electrons. The van der Waals surface area contributed by atoms with Gasteiger partial charge in [0.25, 0.3) is 5.56 Å². The van der Waals surface area contributed by atoms with Gasteiger partial charge in [0.05, 0.1) is 12.2 Å². The van der Waals surface area contributed by atoms with E-state index in [1.807, 2.05) is 46.8 Å². The van der Waals surface area contributed by atoms with E-state index in [1.165, 1.54) is 14.7 Å². The summed E-state index contributed by atoms with van der Waals surface area (Å²) in [6.07, 6.45) is 1.73. The first-order valence-corrected chi connectivity index (χ1v) is 11.8. The number of aliphatic imine (C=N–C) groups is 1. The average molecular weight is 500 g/mol. The van der Waals surface area contributed by atoms with Crippen LogP contribution in [0.4, 0.5) is 0 Å². The van der Waals surface area contributed by atoms with Crippen LogP contribution in [0.5, 0.6) is 0 Å². The van der Waals surface area contributed by atoms with E-state index in [1.54, 1.807) is 11.6 Å². The number of hydrogen-bond acceptors (Lipinski definition) is 4. The summed E-state index contributed by atoms with van der Waals surface area (Å²) >= 11 is 3.39. The minimum Gasteiger partial charge on any atom is -0.313 e. The Hall–Kier alpha value is -2.74. The molecule has 3 aromatic rings. The molecule has 3 heterocycles. The highest BCUT2D eigenvalue weighted by atomic mass is 79.9. The molecule has 0 aliphatic carbocycles. The number of benzene rings is 1. The van der Waals surface area contributed by atoms with Crippen LogP contribution in [0.2, 0.25) is 0 Å². The number of aryl methyl sites for hydroxylation is 3. The van der Waals surface area contributed by atoms with E-state index in [9.17, 15) is 9.59 Å². The van der Waals surface area contributed by atoms with Crippen molar-refractivity contribution in [2.24, 2.45) is 12.0 Å². The monoisotopic (exact) mass is 499 g/mol. The third kappa shape index (κ3) is 4.16. The normalized spacial score (nSPS) is 13.8. The second kappa shape index (κ2) is 9.81. The fourth-order valence-electron chi connectivity index (χ4n) is 4.01. The molecule has 0 atom stereocenters. The number of aromatic nitrogens is 4. The lowest BCUT2D eigenvalue weighted by Gasteiger charge is -2.17. The fraction of sp³-hybridized carbons (Fsp3) is 0.417. The predicted octanol–water partition coefficient (Wildman–Crippen LogP) is 4.43. The van der Waals surface area contributed by atoms with Crippen LogP contribution in [-0.2, 0) is 26.6 Å². The van der Waals surface area contributed by atoms with Crippen LogP contribution >= 0.6 is 15.9 Å². The molecule has 0 spiro atoms. The van der Waals surface area contributed by atoms with Crippen molar-refractivity contribution in [2.75, 3.05) is 0 Å². The summed E-state index contributed by atoms with van der Waals surface area (Å²) in [7, 11) is 1.64. The third-order valence-electron chi connectivity index (χ3n) is 5.78. The van der Waals surface area contributed by atoms with Crippen molar-refractivity contribution in [1.29, 1.82) is 0 Å². The Bertz CT molecular complexity index is 1340. The Labute approximate surface area is 196 Å². The van der Waals surface area contributed by atoms with Gasteiger partial charge in [0.2, 0.25) is 0 Å². The van der Waals surface area contributed by atoms with Crippen molar-refractivity contribution in [3.63, 3.8) is 0 Å². The van der Waals surface area contributed by atoms with E-state index < -0.39 is 5.69 Å². The lowest BCUT2D eigenvalue weighted by atomic mass is 9.95. The molecule has 0 saturated carbocycles. The van der Waals surface area contributed by atoms with Gasteiger partial charge in [-0.2, -0.15) is 0 Å². The van der Waals surface area contributed by atoms with Crippen LogP contribution in [0, 0.1) is 0 Å². The maximum atomic E-state index is 13.3. The number of hydrogen-bond donors (Lipinski definition) is 0. The van der Waals surface area contributed by atoms with Crippen molar-refractivity contribution in [1.82, 2.24) is 18.7 Å². The lowest BCUT2D eigenvalue weighted by Crippen LogP contribution is -2.40. The van der Waals surface area contributed by atoms with Gasteiger partial charge in [-0.1, -0.05) is 38.1 Å². The highest BCUT2D eigenvalue weighted by Gasteiger charge is 2.20. The first kappa shape index (κ1) is 23.9. The quantitative estimate of drug-likeness (QED) is 0.500. The summed E-state index contributed by atoms with van der Waals surface area (Å²) in [5.74, 6) is 0. The zero-order valence-electron chi connectivity index (χ0n) is 19.6. The van der Waals surface area contributed by atoms with E-state index in [4.69, 9.17) is 4.99 Å². The molecule has 0 saturated heterocycles. The molecule has 2 aromatic heterocycles. The van der Waals surface area contributed by atoms with Gasteiger partial charge >= 0.3 is 5.69 Å². The Morgan fingerprint density at radius 1 is 1.06 bits per heavy atom. The molecule has 1 aromatic carbocycles. The Kier molecular flexibility index (Phi) is 7.33. The van der Waals surface area contributed by atoms with E-state index in [0.717, 1.165) is 35.4 Å². The van der Waals surface area contributed by atoms with Crippen molar-refractivity contribution in [3.05, 3.63) is 72.2 Å². The van der Waals surface area contributed by atoms with E-state index in [2.05, 4.69) is 33.0 Å². The molecular weight excluding hydrogens is 470 g/mol. The largest absolute Gasteiger partial charge is 0.332 e. The van der Waals surface area contributed by atoms with E-state index in [0.29, 0.717) is 22.4 Å². The molecule has 0 amide bonds. The smallest absolute Gasteiger partial charge is 0.313 e. The number of halogens is 1. The van der Waals surface area contributed by atoms with Gasteiger partial charge < -0.3 is 4.57 Å². The Morgan fingerprint density at radius 3 is 2.44 bits per heavy atom. The van der Waals surface area contributed by atoms with Gasteiger partial charge in [0.15, 0.2) is 15.9 Å². The maximum Gasteiger partial charge on any atom is 0.332 e. The first-order chi connectivity index (χ1) is 15.3. The second-order valence-electron chi connectivity index (χ2n) is 7.61. The van der Waals surface area contributed by atoms with Crippen LogP contribution in [0.25, 0.3) is 11.2 Å². The van der Waals surface area contributed by atoms with Gasteiger partial charge in [0, 0.05) is 19.3 Å². The van der Waals surface area contributed by atoms with Gasteiger partial charge in [-0.05, 0) is 66.2 Å². The summed E-state index contributed by atoms with van der Waals surface area (Å²) < 4.78 is 5.01. The standard InChI is InChI=1S/C22H24BrN5O2.C2H6/c1-5-27-18-19(25-21(27)23)26(4)22(30)28(20(18)29)12-17-13(2)10-11-15-8-6-7-9-16(15)14(3)24-17;1-2/h6-9H,5,10-12H2,1-4H3;1-2H3. The van der Waals surface area contributed by atoms with Crippen molar-refractivity contribution in [3.8, 4) is 0 Å². The first-order valence-electron chi connectivity index (χ1n) is 11.0. The molecular formula is C24H30BrN5O2. The molecule has 1 aliphatic heterocycles. The van der Waals surface area contributed by atoms with E-state index in [-0.39, 0.29) is 12.1 Å². The van der Waals surface area contributed by atoms with Crippen LogP contribution in [0.15, 0.2) is 54.9 Å². The van der Waals surface area contributed by atoms with Gasteiger partial charge in [0.1, 0.15) is 0 Å². The molecule has 7 nitrogen and oxygen atoms in total. The topological polar surface area (TPSA) is 74.2 Å². The highest BCUT2D eigenvalue weighted by Crippen LogP contribution is 2.23. The number of rotatable bonds is 3. The summed E-state index contributed by atoms with van der Waals surface area (Å²) in [5, 5.41) is 0. The molecule has 0 N–H and O–H groups in total. The van der Waals surface area contributed by atoms with Gasteiger partial charge in [-0.3, -0.25) is 18.9 Å². The summed E-state index contributed by atoms with van der Waals surface area (Å²) in [6.45, 7) is 10.7. The number of fused-ring (bicyclic) bond motifs is 2. The maximum absolute atomic E-state index is 13.3. The summed E-state index contributed by atoms with van der Waals surface area (Å²) in [6, 6.07) is 8.25. The molecule has 0 bridgehead atoms. The minimum absolute atomic E-state index is 0.138. The predicted molar refractivity (Wildman–Crippen MR) is 134 cm³/mol. The number of nitrogens with zero attached hydrogens (tertiary/aromatic N) is 5. The minimum atomic E-state index is -0.392. The zero-order chi connectivity index (χ0) is 23.6. The molecule has 4 rings (SSSR count). The molecule has 0 fully saturated rings. The average Bonchev–Trinajstić information content (AvgIpc) is 3.15. The Morgan fingerprint density at radius 2 is 1.75 bits per heavy atom. The zero-order valence-corrected chi connectivity index (χ0v) is 21.2. The van der Waals surface area contributed by atoms with Gasteiger partial charge in [-0.15, -0.1) is 0 Å². The van der Waals surface area contributed by atoms with Crippen molar-refractivity contribution >= 4 is 32.8 Å².